The van der Waals surface area contributed by atoms with E-state index in [1.807, 2.05) is 0 Å². The highest BCUT2D eigenvalue weighted by Gasteiger charge is 2.47. The van der Waals surface area contributed by atoms with Gasteiger partial charge in [0.1, 0.15) is 42.0 Å². The Kier molecular flexibility index (Phi) is 11.0. The van der Waals surface area contributed by atoms with Crippen LogP contribution in [0.2, 0.25) is 0 Å². The van der Waals surface area contributed by atoms with E-state index >= 15 is 0 Å². The van der Waals surface area contributed by atoms with E-state index in [9.17, 15) is 30.4 Å². The van der Waals surface area contributed by atoms with Gasteiger partial charge in [-0.3, -0.25) is 0 Å². The van der Waals surface area contributed by atoms with Crippen molar-refractivity contribution in [1.82, 2.24) is 0 Å². The van der Waals surface area contributed by atoms with Crippen molar-refractivity contribution in [2.45, 2.75) is 88.5 Å². The van der Waals surface area contributed by atoms with Crippen LogP contribution in [0.3, 0.4) is 0 Å². The summed E-state index contributed by atoms with van der Waals surface area (Å²) in [5.74, 6) is 0. The molecule has 0 spiro atoms. The lowest BCUT2D eigenvalue weighted by Crippen LogP contribution is -2.44. The third-order valence-electron chi connectivity index (χ3n) is 4.51. The fourth-order valence-corrected chi connectivity index (χ4v) is 3.33. The fraction of sp³-hybridized carbons (Fsp3) is 1.00. The predicted molar refractivity (Wildman–Crippen MR) is 107 cm³/mol. The maximum Gasteiger partial charge on any atom is 0.201 e. The minimum Gasteiger partial charge on any atom is -0.394 e. The molecule has 8 unspecified atom stereocenters. The topological polar surface area (TPSA) is 168 Å². The van der Waals surface area contributed by atoms with Gasteiger partial charge in [0.2, 0.25) is 8.38 Å². The SMILES string of the molecule is COC(C)(C)P(O)OCC(O)C(O)C(O)COC1OC(CO)C(OC(C)(C)C)C1O. The van der Waals surface area contributed by atoms with Crippen molar-refractivity contribution in [3.05, 3.63) is 0 Å². The molecule has 12 heteroatoms. The van der Waals surface area contributed by atoms with E-state index in [-0.39, 0.29) is 0 Å². The Hall–Kier alpha value is -0.01000. The zero-order valence-electron chi connectivity index (χ0n) is 18.3. The third kappa shape index (κ3) is 8.16. The fourth-order valence-electron chi connectivity index (χ4n) is 2.57. The molecule has 1 rings (SSSR count). The molecule has 30 heavy (non-hydrogen) atoms. The third-order valence-corrected chi connectivity index (χ3v) is 6.01. The molecule has 6 N–H and O–H groups in total. The average molecular weight is 460 g/mol. The Labute approximate surface area is 178 Å². The number of rotatable bonds is 12. The van der Waals surface area contributed by atoms with E-state index < -0.39 is 82.1 Å². The summed E-state index contributed by atoms with van der Waals surface area (Å²) in [6.07, 6.45) is -8.77. The zero-order valence-corrected chi connectivity index (χ0v) is 19.2. The predicted octanol–water partition coefficient (Wildman–Crippen LogP) is -0.949. The smallest absolute Gasteiger partial charge is 0.201 e. The van der Waals surface area contributed by atoms with Crippen molar-refractivity contribution in [3.8, 4) is 0 Å². The maximum absolute atomic E-state index is 10.4. The van der Waals surface area contributed by atoms with Gasteiger partial charge in [-0.25, -0.2) is 0 Å². The lowest BCUT2D eigenvalue weighted by atomic mass is 10.1. The van der Waals surface area contributed by atoms with Gasteiger partial charge in [0.25, 0.3) is 0 Å². The number of aliphatic hydroxyl groups is 5. The molecule has 1 fully saturated rings. The monoisotopic (exact) mass is 460 g/mol. The van der Waals surface area contributed by atoms with Crippen LogP contribution in [0, 0.1) is 0 Å². The molecule has 0 saturated carbocycles. The Morgan fingerprint density at radius 3 is 2.10 bits per heavy atom. The molecule has 0 aromatic heterocycles. The van der Waals surface area contributed by atoms with Crippen LogP contribution in [0.1, 0.15) is 34.6 Å². The molecule has 180 valence electrons. The summed E-state index contributed by atoms with van der Waals surface area (Å²) >= 11 is 0. The summed E-state index contributed by atoms with van der Waals surface area (Å²) < 4.78 is 26.7. The van der Waals surface area contributed by atoms with E-state index in [0.717, 1.165) is 0 Å². The van der Waals surface area contributed by atoms with Gasteiger partial charge in [0.05, 0.1) is 25.4 Å². The van der Waals surface area contributed by atoms with Crippen molar-refractivity contribution in [2.24, 2.45) is 0 Å². The largest absolute Gasteiger partial charge is 0.394 e. The molecule has 0 aromatic carbocycles. The normalized spacial score (nSPS) is 29.6. The Morgan fingerprint density at radius 2 is 1.60 bits per heavy atom. The van der Waals surface area contributed by atoms with Gasteiger partial charge >= 0.3 is 0 Å². The molecule has 11 nitrogen and oxygen atoms in total. The Morgan fingerprint density at radius 1 is 1.03 bits per heavy atom. The standard InChI is InChI=1S/C18H37O11P/c1-17(2,3)29-15-12(7-19)28-16(14(15)23)26-8-10(20)13(22)11(21)9-27-30(24)18(4,5)25-6/h10-16,19-24H,7-9H2,1-6H3. The molecule has 0 aromatic rings. The molecule has 1 saturated heterocycles. The second-order valence-corrected chi connectivity index (χ2v) is 10.5. The van der Waals surface area contributed by atoms with Gasteiger partial charge in [-0.15, -0.1) is 0 Å². The maximum atomic E-state index is 10.4. The average Bonchev–Trinajstić information content (AvgIpc) is 2.96. The van der Waals surface area contributed by atoms with Crippen LogP contribution in [0.15, 0.2) is 0 Å². The highest BCUT2D eigenvalue weighted by Crippen LogP contribution is 2.47. The molecule has 0 aliphatic carbocycles. The molecule has 0 amide bonds. The van der Waals surface area contributed by atoms with Gasteiger partial charge in [-0.2, -0.15) is 0 Å². The van der Waals surface area contributed by atoms with Crippen LogP contribution in [0.5, 0.6) is 0 Å². The first kappa shape index (κ1) is 28.0. The molecular weight excluding hydrogens is 423 g/mol. The lowest BCUT2D eigenvalue weighted by Gasteiger charge is -2.30. The second-order valence-electron chi connectivity index (χ2n) is 8.59. The van der Waals surface area contributed by atoms with E-state index in [4.69, 9.17) is 23.5 Å². The van der Waals surface area contributed by atoms with Gasteiger partial charge in [0.15, 0.2) is 6.29 Å². The van der Waals surface area contributed by atoms with Gasteiger partial charge < -0.3 is 53.9 Å². The first-order chi connectivity index (χ1) is 13.7. The summed E-state index contributed by atoms with van der Waals surface area (Å²) in [5.41, 5.74) is -0.597. The van der Waals surface area contributed by atoms with Crippen LogP contribution < -0.4 is 0 Å². The number of hydrogen-bond donors (Lipinski definition) is 6. The summed E-state index contributed by atoms with van der Waals surface area (Å²) in [6, 6.07) is 0. The number of hydrogen-bond acceptors (Lipinski definition) is 11. The molecule has 8 atom stereocenters. The highest BCUT2D eigenvalue weighted by molar-refractivity contribution is 7.47. The zero-order chi connectivity index (χ0) is 23.3. The van der Waals surface area contributed by atoms with E-state index in [0.29, 0.717) is 0 Å². The quantitative estimate of drug-likeness (QED) is 0.199. The first-order valence-corrected chi connectivity index (χ1v) is 10.9. The van der Waals surface area contributed by atoms with Crippen molar-refractivity contribution < 1.29 is 53.9 Å². The van der Waals surface area contributed by atoms with Crippen LogP contribution in [0.4, 0.5) is 0 Å². The van der Waals surface area contributed by atoms with Gasteiger partial charge in [-0.1, -0.05) is 0 Å². The van der Waals surface area contributed by atoms with Crippen LogP contribution in [-0.2, 0) is 23.5 Å². The first-order valence-electron chi connectivity index (χ1n) is 9.68. The van der Waals surface area contributed by atoms with Gasteiger partial charge in [0, 0.05) is 7.11 Å². The van der Waals surface area contributed by atoms with Gasteiger partial charge in [-0.05, 0) is 34.6 Å². The Balaban J connectivity index is 2.53. The van der Waals surface area contributed by atoms with Crippen molar-refractivity contribution in [2.75, 3.05) is 26.9 Å². The minimum atomic E-state index is -2.04. The van der Waals surface area contributed by atoms with E-state index in [2.05, 4.69) is 0 Å². The molecule has 1 aliphatic heterocycles. The van der Waals surface area contributed by atoms with Crippen LogP contribution in [-0.4, -0.2) is 111 Å². The summed E-state index contributed by atoms with van der Waals surface area (Å²) in [7, 11) is -0.640. The van der Waals surface area contributed by atoms with E-state index in [1.54, 1.807) is 34.6 Å². The highest BCUT2D eigenvalue weighted by atomic mass is 31.2. The summed E-state index contributed by atoms with van der Waals surface area (Å²) in [6.45, 7) is 7.26. The second kappa shape index (κ2) is 11.7. The number of ether oxygens (including phenoxy) is 4. The molecular formula is C18H37O11P. The van der Waals surface area contributed by atoms with Crippen LogP contribution >= 0.6 is 8.38 Å². The lowest BCUT2D eigenvalue weighted by molar-refractivity contribution is -0.194. The molecule has 1 heterocycles. The summed E-state index contributed by atoms with van der Waals surface area (Å²) in [4.78, 5) is 9.94. The van der Waals surface area contributed by atoms with Crippen molar-refractivity contribution >= 4 is 8.38 Å². The number of aliphatic hydroxyl groups excluding tert-OH is 5. The minimum absolute atomic E-state index is 0.402. The summed E-state index contributed by atoms with van der Waals surface area (Å²) in [5, 5.41) is 49.0. The molecule has 0 radical (unpaired) electrons. The van der Waals surface area contributed by atoms with Crippen molar-refractivity contribution in [1.29, 1.82) is 0 Å². The van der Waals surface area contributed by atoms with E-state index in [1.165, 1.54) is 7.11 Å². The van der Waals surface area contributed by atoms with Crippen molar-refractivity contribution in [3.63, 3.8) is 0 Å². The molecule has 1 aliphatic rings. The molecule has 0 bridgehead atoms. The van der Waals surface area contributed by atoms with Crippen LogP contribution in [0.25, 0.3) is 0 Å². The number of methoxy groups -OCH3 is 1. The Bertz CT molecular complexity index is 501.